The largest absolute Gasteiger partial charge is 0.342 e. The van der Waals surface area contributed by atoms with E-state index >= 15 is 0 Å². The van der Waals surface area contributed by atoms with Crippen molar-refractivity contribution in [2.75, 3.05) is 26.2 Å². The van der Waals surface area contributed by atoms with Gasteiger partial charge in [0.05, 0.1) is 6.42 Å². The van der Waals surface area contributed by atoms with Crippen LogP contribution < -0.4 is 0 Å². The van der Waals surface area contributed by atoms with Gasteiger partial charge in [0.15, 0.2) is 0 Å². The van der Waals surface area contributed by atoms with Crippen LogP contribution in [0.1, 0.15) is 35.2 Å². The molecule has 0 aliphatic carbocycles. The van der Waals surface area contributed by atoms with Crippen molar-refractivity contribution in [3.63, 3.8) is 0 Å². The highest BCUT2D eigenvalue weighted by Gasteiger charge is 2.43. The second kappa shape index (κ2) is 7.47. The Kier molecular flexibility index (Phi) is 4.88. The van der Waals surface area contributed by atoms with E-state index in [1.165, 1.54) is 0 Å². The van der Waals surface area contributed by atoms with Crippen molar-refractivity contribution in [2.45, 2.75) is 25.7 Å². The topological polar surface area (TPSA) is 66.4 Å². The van der Waals surface area contributed by atoms with Gasteiger partial charge in [0.2, 0.25) is 5.91 Å². The SMILES string of the molecule is O=C(Cc1cccnc1)N1CCC[C@@]2(CCN(C(=O)c3ccncc3)C2)C1. The lowest BCUT2D eigenvalue weighted by Crippen LogP contribution is -2.48. The van der Waals surface area contributed by atoms with Gasteiger partial charge >= 0.3 is 0 Å². The van der Waals surface area contributed by atoms with Gasteiger partial charge < -0.3 is 9.80 Å². The number of rotatable bonds is 3. The quantitative estimate of drug-likeness (QED) is 0.837. The lowest BCUT2D eigenvalue weighted by molar-refractivity contribution is -0.133. The molecule has 1 spiro atoms. The first-order valence-corrected chi connectivity index (χ1v) is 9.51. The third-order valence-electron chi connectivity index (χ3n) is 5.75. The Balaban J connectivity index is 1.40. The fraction of sp³-hybridized carbons (Fsp3) is 0.429. The van der Waals surface area contributed by atoms with Crippen molar-refractivity contribution in [1.29, 1.82) is 0 Å². The molecule has 6 heteroatoms. The van der Waals surface area contributed by atoms with Crippen LogP contribution in [0, 0.1) is 5.41 Å². The first-order valence-electron chi connectivity index (χ1n) is 9.51. The molecule has 2 aromatic heterocycles. The molecule has 6 nitrogen and oxygen atoms in total. The summed E-state index contributed by atoms with van der Waals surface area (Å²) in [4.78, 5) is 37.5. The van der Waals surface area contributed by atoms with Crippen molar-refractivity contribution in [3.8, 4) is 0 Å². The third kappa shape index (κ3) is 3.84. The molecule has 0 bridgehead atoms. The second-order valence-electron chi connectivity index (χ2n) is 7.67. The normalized spacial score (nSPS) is 22.2. The molecule has 27 heavy (non-hydrogen) atoms. The van der Waals surface area contributed by atoms with Crippen molar-refractivity contribution in [1.82, 2.24) is 19.8 Å². The number of carbonyl (C=O) groups excluding carboxylic acids is 2. The Morgan fingerprint density at radius 2 is 1.78 bits per heavy atom. The van der Waals surface area contributed by atoms with Gasteiger partial charge in [-0.3, -0.25) is 19.6 Å². The number of hydrogen-bond acceptors (Lipinski definition) is 4. The predicted octanol–water partition coefficient (Wildman–Crippen LogP) is 2.17. The molecule has 1 atom stereocenters. The molecule has 0 N–H and O–H groups in total. The molecule has 2 aliphatic rings. The highest BCUT2D eigenvalue weighted by Crippen LogP contribution is 2.39. The Morgan fingerprint density at radius 1 is 0.963 bits per heavy atom. The summed E-state index contributed by atoms with van der Waals surface area (Å²) < 4.78 is 0. The molecule has 2 aliphatic heterocycles. The van der Waals surface area contributed by atoms with Crippen LogP contribution in [0.25, 0.3) is 0 Å². The molecule has 0 aromatic carbocycles. The standard InChI is InChI=1S/C21H24N4O2/c26-19(13-17-3-1-8-23-14-17)24-11-2-6-21(15-24)7-12-25(16-21)20(27)18-4-9-22-10-5-18/h1,3-5,8-10,14H,2,6-7,11-13,15-16H2/t21-/m1/s1. The Hall–Kier alpha value is -2.76. The molecular formula is C21H24N4O2. The molecule has 2 saturated heterocycles. The van der Waals surface area contributed by atoms with Gasteiger partial charge in [-0.2, -0.15) is 0 Å². The Bertz CT molecular complexity index is 811. The molecule has 2 aromatic rings. The molecule has 0 saturated carbocycles. The molecule has 4 rings (SSSR count). The number of piperidine rings is 1. The van der Waals surface area contributed by atoms with E-state index in [0.717, 1.165) is 51.0 Å². The molecule has 4 heterocycles. The van der Waals surface area contributed by atoms with Crippen molar-refractivity contribution < 1.29 is 9.59 Å². The van der Waals surface area contributed by atoms with Gasteiger partial charge in [0.25, 0.3) is 5.91 Å². The minimum absolute atomic E-state index is 0.0333. The lowest BCUT2D eigenvalue weighted by Gasteiger charge is -2.40. The lowest BCUT2D eigenvalue weighted by atomic mass is 9.79. The Morgan fingerprint density at radius 3 is 2.56 bits per heavy atom. The van der Waals surface area contributed by atoms with Crippen LogP contribution >= 0.6 is 0 Å². The summed E-state index contributed by atoms with van der Waals surface area (Å²) in [6.07, 6.45) is 10.2. The number of pyridine rings is 2. The smallest absolute Gasteiger partial charge is 0.253 e. The zero-order chi connectivity index (χ0) is 18.7. The number of carbonyl (C=O) groups is 2. The maximum absolute atomic E-state index is 12.8. The van der Waals surface area contributed by atoms with E-state index in [1.54, 1.807) is 36.9 Å². The number of aromatic nitrogens is 2. The van der Waals surface area contributed by atoms with Gasteiger partial charge in [-0.15, -0.1) is 0 Å². The maximum atomic E-state index is 12.8. The number of amides is 2. The second-order valence-corrected chi connectivity index (χ2v) is 7.67. The van der Waals surface area contributed by atoms with Gasteiger partial charge in [-0.25, -0.2) is 0 Å². The monoisotopic (exact) mass is 364 g/mol. The van der Waals surface area contributed by atoms with Gasteiger partial charge in [0.1, 0.15) is 0 Å². The van der Waals surface area contributed by atoms with E-state index in [9.17, 15) is 9.59 Å². The van der Waals surface area contributed by atoms with Gasteiger partial charge in [-0.1, -0.05) is 6.07 Å². The van der Waals surface area contributed by atoms with Crippen LogP contribution in [-0.4, -0.2) is 57.8 Å². The van der Waals surface area contributed by atoms with Crippen molar-refractivity contribution >= 4 is 11.8 Å². The number of nitrogens with zero attached hydrogens (tertiary/aromatic N) is 4. The van der Waals surface area contributed by atoms with Crippen molar-refractivity contribution in [3.05, 3.63) is 60.2 Å². The first kappa shape index (κ1) is 17.6. The van der Waals surface area contributed by atoms with E-state index < -0.39 is 0 Å². The minimum atomic E-state index is 0.0333. The summed E-state index contributed by atoms with van der Waals surface area (Å²) in [5, 5.41) is 0. The number of likely N-dealkylation sites (tertiary alicyclic amines) is 2. The molecule has 2 amide bonds. The van der Waals surface area contributed by atoms with Crippen LogP contribution in [0.2, 0.25) is 0 Å². The molecule has 140 valence electrons. The van der Waals surface area contributed by atoms with Crippen LogP contribution in [-0.2, 0) is 11.2 Å². The molecule has 0 unspecified atom stereocenters. The fourth-order valence-electron chi connectivity index (χ4n) is 4.33. The van der Waals surface area contributed by atoms with E-state index in [4.69, 9.17) is 0 Å². The number of hydrogen-bond donors (Lipinski definition) is 0. The fourth-order valence-corrected chi connectivity index (χ4v) is 4.33. The van der Waals surface area contributed by atoms with Gasteiger partial charge in [0, 0.05) is 61.9 Å². The van der Waals surface area contributed by atoms with E-state index in [0.29, 0.717) is 12.0 Å². The average molecular weight is 364 g/mol. The highest BCUT2D eigenvalue weighted by molar-refractivity contribution is 5.94. The maximum Gasteiger partial charge on any atom is 0.253 e. The predicted molar refractivity (Wildman–Crippen MR) is 101 cm³/mol. The molecule has 0 radical (unpaired) electrons. The first-order chi connectivity index (χ1) is 13.2. The van der Waals surface area contributed by atoms with Crippen LogP contribution in [0.5, 0.6) is 0 Å². The summed E-state index contributed by atoms with van der Waals surface area (Å²) in [6.45, 7) is 3.03. The zero-order valence-corrected chi connectivity index (χ0v) is 15.4. The minimum Gasteiger partial charge on any atom is -0.342 e. The van der Waals surface area contributed by atoms with Crippen LogP contribution in [0.4, 0.5) is 0 Å². The summed E-state index contributed by atoms with van der Waals surface area (Å²) in [5.74, 6) is 0.217. The Labute approximate surface area is 159 Å². The van der Waals surface area contributed by atoms with E-state index in [-0.39, 0.29) is 17.2 Å². The molecule has 2 fully saturated rings. The summed E-state index contributed by atoms with van der Waals surface area (Å²) in [7, 11) is 0. The highest BCUT2D eigenvalue weighted by atomic mass is 16.2. The summed E-state index contributed by atoms with van der Waals surface area (Å²) in [6, 6.07) is 7.32. The van der Waals surface area contributed by atoms with E-state index in [1.807, 2.05) is 21.9 Å². The van der Waals surface area contributed by atoms with Crippen LogP contribution in [0.15, 0.2) is 49.1 Å². The van der Waals surface area contributed by atoms with Gasteiger partial charge in [-0.05, 0) is 43.0 Å². The van der Waals surface area contributed by atoms with Crippen LogP contribution in [0.3, 0.4) is 0 Å². The average Bonchev–Trinajstić information content (AvgIpc) is 3.12. The third-order valence-corrected chi connectivity index (χ3v) is 5.75. The van der Waals surface area contributed by atoms with Crippen molar-refractivity contribution in [2.24, 2.45) is 5.41 Å². The summed E-state index contributed by atoms with van der Waals surface area (Å²) >= 11 is 0. The van der Waals surface area contributed by atoms with E-state index in [2.05, 4.69) is 9.97 Å². The summed E-state index contributed by atoms with van der Waals surface area (Å²) in [5.41, 5.74) is 1.66. The zero-order valence-electron chi connectivity index (χ0n) is 15.4. The molecular weight excluding hydrogens is 340 g/mol.